The molecule has 0 aliphatic heterocycles. The summed E-state index contributed by atoms with van der Waals surface area (Å²) in [5.74, 6) is 1.35. The lowest BCUT2D eigenvalue weighted by molar-refractivity contribution is 0.686. The van der Waals surface area contributed by atoms with E-state index in [9.17, 15) is 0 Å². The van der Waals surface area contributed by atoms with Crippen LogP contribution < -0.4 is 0 Å². The minimum atomic E-state index is 0.547. The molecule has 104 valence electrons. The summed E-state index contributed by atoms with van der Waals surface area (Å²) in [6.45, 7) is 0. The van der Waals surface area contributed by atoms with Crippen LogP contribution >= 0.6 is 23.2 Å². The lowest BCUT2D eigenvalue weighted by atomic mass is 10.0. The fourth-order valence-corrected chi connectivity index (χ4v) is 3.11. The number of hydrogen-bond acceptors (Lipinski definition) is 2. The minimum absolute atomic E-state index is 0.547. The van der Waals surface area contributed by atoms with Crippen LogP contribution in [0.1, 0.15) is 48.7 Å². The van der Waals surface area contributed by atoms with Crippen LogP contribution in [0.25, 0.3) is 0 Å². The molecule has 3 rings (SSSR count). The van der Waals surface area contributed by atoms with E-state index < -0.39 is 0 Å². The Hall–Kier alpha value is -1.12. The highest BCUT2D eigenvalue weighted by Gasteiger charge is 2.19. The molecule has 1 aromatic carbocycles. The van der Waals surface area contributed by atoms with Crippen molar-refractivity contribution in [1.29, 1.82) is 0 Å². The Morgan fingerprint density at radius 2 is 1.70 bits per heavy atom. The van der Waals surface area contributed by atoms with E-state index in [0.29, 0.717) is 17.5 Å². The van der Waals surface area contributed by atoms with Gasteiger partial charge in [-0.15, -0.1) is 0 Å². The third kappa shape index (κ3) is 3.31. The van der Waals surface area contributed by atoms with Crippen molar-refractivity contribution in [1.82, 2.24) is 9.97 Å². The van der Waals surface area contributed by atoms with Crippen LogP contribution in [0.3, 0.4) is 0 Å². The predicted molar refractivity (Wildman–Crippen MR) is 82.5 cm³/mol. The molecule has 0 saturated heterocycles. The predicted octanol–water partition coefficient (Wildman–Crippen LogP) is 5.03. The second kappa shape index (κ2) is 6.11. The zero-order chi connectivity index (χ0) is 13.9. The Labute approximate surface area is 129 Å². The first kappa shape index (κ1) is 13.8. The van der Waals surface area contributed by atoms with Crippen molar-refractivity contribution in [3.63, 3.8) is 0 Å². The van der Waals surface area contributed by atoms with Crippen molar-refractivity contribution >= 4 is 23.2 Å². The zero-order valence-corrected chi connectivity index (χ0v) is 12.7. The molecule has 1 aliphatic carbocycles. The Bertz CT molecular complexity index is 590. The molecule has 0 bridgehead atoms. The molecule has 0 atom stereocenters. The maximum absolute atomic E-state index is 6.15. The van der Waals surface area contributed by atoms with Gasteiger partial charge in [0.25, 0.3) is 0 Å². The number of hydrogen-bond donors (Lipinski definition) is 0. The van der Waals surface area contributed by atoms with Crippen LogP contribution in [0.5, 0.6) is 0 Å². The van der Waals surface area contributed by atoms with Crippen molar-refractivity contribution in [3.05, 3.63) is 57.6 Å². The van der Waals surface area contributed by atoms with Gasteiger partial charge in [0, 0.05) is 23.1 Å². The first-order chi connectivity index (χ1) is 9.70. The monoisotopic (exact) mass is 306 g/mol. The first-order valence-corrected chi connectivity index (χ1v) is 7.74. The molecule has 0 unspecified atom stereocenters. The smallest absolute Gasteiger partial charge is 0.134 e. The Balaban J connectivity index is 1.83. The van der Waals surface area contributed by atoms with Gasteiger partial charge in [0.1, 0.15) is 11.0 Å². The van der Waals surface area contributed by atoms with Crippen LogP contribution in [0, 0.1) is 0 Å². The van der Waals surface area contributed by atoms with Gasteiger partial charge in [-0.2, -0.15) is 0 Å². The standard InChI is InChI=1S/C16H16Cl2N2/c17-13-7-5-11(6-8-13)9-16-19-14(10-15(18)20-16)12-3-1-2-4-12/h5-8,10,12H,1-4,9H2. The van der Waals surface area contributed by atoms with E-state index in [2.05, 4.69) is 4.98 Å². The van der Waals surface area contributed by atoms with E-state index in [1.54, 1.807) is 0 Å². The van der Waals surface area contributed by atoms with Crippen LogP contribution in [-0.2, 0) is 6.42 Å². The molecule has 1 aliphatic rings. The molecule has 20 heavy (non-hydrogen) atoms. The van der Waals surface area contributed by atoms with E-state index >= 15 is 0 Å². The second-order valence-electron chi connectivity index (χ2n) is 5.32. The van der Waals surface area contributed by atoms with Crippen molar-refractivity contribution in [2.24, 2.45) is 0 Å². The van der Waals surface area contributed by atoms with Gasteiger partial charge < -0.3 is 0 Å². The van der Waals surface area contributed by atoms with Gasteiger partial charge in [-0.1, -0.05) is 48.2 Å². The average molecular weight is 307 g/mol. The number of benzene rings is 1. The highest BCUT2D eigenvalue weighted by atomic mass is 35.5. The fourth-order valence-electron chi connectivity index (χ4n) is 2.78. The summed E-state index contributed by atoms with van der Waals surface area (Å²) in [5.41, 5.74) is 2.25. The van der Waals surface area contributed by atoms with E-state index in [1.165, 1.54) is 25.7 Å². The molecule has 1 fully saturated rings. The fraction of sp³-hybridized carbons (Fsp3) is 0.375. The van der Waals surface area contributed by atoms with Crippen molar-refractivity contribution < 1.29 is 0 Å². The molecule has 2 nitrogen and oxygen atoms in total. The molecular weight excluding hydrogens is 291 g/mol. The number of nitrogens with zero attached hydrogens (tertiary/aromatic N) is 2. The van der Waals surface area contributed by atoms with E-state index in [0.717, 1.165) is 22.1 Å². The molecule has 2 aromatic rings. The van der Waals surface area contributed by atoms with Gasteiger partial charge in [0.05, 0.1) is 0 Å². The maximum Gasteiger partial charge on any atom is 0.134 e. The zero-order valence-electron chi connectivity index (χ0n) is 11.1. The lowest BCUT2D eigenvalue weighted by Crippen LogP contribution is -2.04. The highest BCUT2D eigenvalue weighted by molar-refractivity contribution is 6.30. The Kier molecular flexibility index (Phi) is 4.23. The van der Waals surface area contributed by atoms with Crippen LogP contribution in [0.15, 0.2) is 30.3 Å². The Morgan fingerprint density at radius 3 is 2.40 bits per heavy atom. The molecule has 1 saturated carbocycles. The summed E-state index contributed by atoms with van der Waals surface area (Å²) in [6.07, 6.45) is 5.70. The second-order valence-corrected chi connectivity index (χ2v) is 6.14. The topological polar surface area (TPSA) is 25.8 Å². The third-order valence-electron chi connectivity index (χ3n) is 3.81. The third-order valence-corrected chi connectivity index (χ3v) is 4.26. The van der Waals surface area contributed by atoms with Gasteiger partial charge in [-0.05, 0) is 36.6 Å². The molecule has 0 N–H and O–H groups in total. The number of aromatic nitrogens is 2. The summed E-state index contributed by atoms with van der Waals surface area (Å²) >= 11 is 12.0. The minimum Gasteiger partial charge on any atom is -0.237 e. The summed E-state index contributed by atoms with van der Waals surface area (Å²) in [5, 5.41) is 1.29. The summed E-state index contributed by atoms with van der Waals surface area (Å²) in [4.78, 5) is 9.05. The van der Waals surface area contributed by atoms with Gasteiger partial charge in [0.15, 0.2) is 0 Å². The Morgan fingerprint density at radius 1 is 1.00 bits per heavy atom. The van der Waals surface area contributed by atoms with E-state index in [4.69, 9.17) is 28.2 Å². The number of halogens is 2. The maximum atomic E-state index is 6.15. The first-order valence-electron chi connectivity index (χ1n) is 6.98. The largest absolute Gasteiger partial charge is 0.237 e. The summed E-state index contributed by atoms with van der Waals surface area (Å²) in [6, 6.07) is 9.70. The highest BCUT2D eigenvalue weighted by Crippen LogP contribution is 2.33. The van der Waals surface area contributed by atoms with Gasteiger partial charge in [-0.3, -0.25) is 0 Å². The molecule has 0 radical (unpaired) electrons. The average Bonchev–Trinajstić information content (AvgIpc) is 2.95. The lowest BCUT2D eigenvalue weighted by Gasteiger charge is -2.10. The van der Waals surface area contributed by atoms with Gasteiger partial charge in [-0.25, -0.2) is 9.97 Å². The molecule has 1 heterocycles. The quantitative estimate of drug-likeness (QED) is 0.743. The molecular formula is C16H16Cl2N2. The summed E-state index contributed by atoms with van der Waals surface area (Å²) in [7, 11) is 0. The van der Waals surface area contributed by atoms with Gasteiger partial charge >= 0.3 is 0 Å². The molecule has 4 heteroatoms. The van der Waals surface area contributed by atoms with E-state index in [-0.39, 0.29) is 0 Å². The van der Waals surface area contributed by atoms with Crippen molar-refractivity contribution in [2.75, 3.05) is 0 Å². The van der Waals surface area contributed by atoms with Crippen LogP contribution in [0.2, 0.25) is 10.2 Å². The molecule has 0 amide bonds. The van der Waals surface area contributed by atoms with Crippen LogP contribution in [0.4, 0.5) is 0 Å². The van der Waals surface area contributed by atoms with Crippen molar-refractivity contribution in [3.8, 4) is 0 Å². The van der Waals surface area contributed by atoms with Crippen molar-refractivity contribution in [2.45, 2.75) is 38.0 Å². The van der Waals surface area contributed by atoms with E-state index in [1.807, 2.05) is 30.3 Å². The molecule has 0 spiro atoms. The number of rotatable bonds is 3. The summed E-state index contributed by atoms with van der Waals surface area (Å²) < 4.78 is 0. The van der Waals surface area contributed by atoms with Crippen LogP contribution in [-0.4, -0.2) is 9.97 Å². The molecule has 1 aromatic heterocycles. The normalized spacial score (nSPS) is 15.7. The SMILES string of the molecule is Clc1ccc(Cc2nc(Cl)cc(C3CCCC3)n2)cc1. The van der Waals surface area contributed by atoms with Gasteiger partial charge in [0.2, 0.25) is 0 Å².